The summed E-state index contributed by atoms with van der Waals surface area (Å²) in [6, 6.07) is 12.0. The van der Waals surface area contributed by atoms with E-state index in [1.807, 2.05) is 42.2 Å². The lowest BCUT2D eigenvalue weighted by atomic mass is 10.0. The minimum atomic E-state index is 0.205. The van der Waals surface area contributed by atoms with Crippen molar-refractivity contribution in [2.24, 2.45) is 5.92 Å². The minimum Gasteiger partial charge on any atom is -0.312 e. The van der Waals surface area contributed by atoms with E-state index >= 15 is 0 Å². The van der Waals surface area contributed by atoms with Crippen LogP contribution in [-0.2, 0) is 11.2 Å². The number of carbonyl (C=O) groups is 1. The molecule has 1 amide bonds. The maximum Gasteiger partial charge on any atom is 0.227 e. The predicted molar refractivity (Wildman–Crippen MR) is 91.5 cm³/mol. The average Bonchev–Trinajstić information content (AvgIpc) is 2.88. The van der Waals surface area contributed by atoms with Crippen LogP contribution in [0.1, 0.15) is 43.4 Å². The predicted octanol–water partition coefficient (Wildman–Crippen LogP) is 3.50. The summed E-state index contributed by atoms with van der Waals surface area (Å²) in [6.45, 7) is 6.98. The van der Waals surface area contributed by atoms with Crippen molar-refractivity contribution >= 4 is 11.6 Å². The van der Waals surface area contributed by atoms with Crippen LogP contribution in [0, 0.1) is 12.8 Å². The highest BCUT2D eigenvalue weighted by atomic mass is 16.2. The number of rotatable bonds is 4. The summed E-state index contributed by atoms with van der Waals surface area (Å²) in [7, 11) is 0. The Morgan fingerprint density at radius 3 is 2.65 bits per heavy atom. The van der Waals surface area contributed by atoms with E-state index in [1.165, 1.54) is 0 Å². The molecule has 1 fully saturated rings. The number of aryl methyl sites for hydroxylation is 1. The molecule has 1 aromatic carbocycles. The highest BCUT2D eigenvalue weighted by Gasteiger charge is 2.30. The van der Waals surface area contributed by atoms with Crippen molar-refractivity contribution in [2.75, 3.05) is 11.4 Å². The third-order valence-corrected chi connectivity index (χ3v) is 4.27. The molecule has 1 aliphatic heterocycles. The molecule has 4 nitrogen and oxygen atoms in total. The van der Waals surface area contributed by atoms with Gasteiger partial charge in [-0.25, -0.2) is 9.97 Å². The van der Waals surface area contributed by atoms with Crippen molar-refractivity contribution in [1.82, 2.24) is 9.97 Å². The zero-order chi connectivity index (χ0) is 16.4. The fourth-order valence-electron chi connectivity index (χ4n) is 3.13. The summed E-state index contributed by atoms with van der Waals surface area (Å²) < 4.78 is 0. The maximum absolute atomic E-state index is 12.3. The molecule has 1 saturated heterocycles. The Morgan fingerprint density at radius 2 is 1.96 bits per heavy atom. The fraction of sp³-hybridized carbons (Fsp3) is 0.421. The van der Waals surface area contributed by atoms with Gasteiger partial charge in [-0.05, 0) is 43.4 Å². The second-order valence-electron chi connectivity index (χ2n) is 6.60. The van der Waals surface area contributed by atoms with Crippen LogP contribution in [0.2, 0.25) is 0 Å². The van der Waals surface area contributed by atoms with Gasteiger partial charge in [0, 0.05) is 30.0 Å². The third kappa shape index (κ3) is 3.58. The number of anilines is 1. The number of para-hydroxylation sites is 1. The van der Waals surface area contributed by atoms with Crippen LogP contribution in [-0.4, -0.2) is 22.4 Å². The molecule has 4 heteroatoms. The lowest BCUT2D eigenvalue weighted by Crippen LogP contribution is -2.24. The molecule has 0 aliphatic carbocycles. The number of amides is 1. The van der Waals surface area contributed by atoms with Gasteiger partial charge in [0.25, 0.3) is 0 Å². The number of nitrogens with zero attached hydrogens (tertiary/aromatic N) is 3. The molecule has 1 unspecified atom stereocenters. The van der Waals surface area contributed by atoms with E-state index in [9.17, 15) is 4.79 Å². The topological polar surface area (TPSA) is 46.1 Å². The van der Waals surface area contributed by atoms with Crippen molar-refractivity contribution in [1.29, 1.82) is 0 Å². The number of benzene rings is 1. The lowest BCUT2D eigenvalue weighted by molar-refractivity contribution is -0.117. The number of hydrogen-bond donors (Lipinski definition) is 0. The van der Waals surface area contributed by atoms with Crippen LogP contribution in [0.3, 0.4) is 0 Å². The second-order valence-corrected chi connectivity index (χ2v) is 6.60. The van der Waals surface area contributed by atoms with Crippen LogP contribution in [0.25, 0.3) is 0 Å². The van der Waals surface area contributed by atoms with Crippen LogP contribution in [0.5, 0.6) is 0 Å². The molecule has 2 aromatic rings. The Balaban J connectivity index is 1.74. The van der Waals surface area contributed by atoms with Gasteiger partial charge >= 0.3 is 0 Å². The highest BCUT2D eigenvalue weighted by molar-refractivity contribution is 5.95. The van der Waals surface area contributed by atoms with E-state index in [4.69, 9.17) is 0 Å². The van der Waals surface area contributed by atoms with E-state index in [-0.39, 0.29) is 5.91 Å². The van der Waals surface area contributed by atoms with Gasteiger partial charge in [0.15, 0.2) is 0 Å². The zero-order valence-corrected chi connectivity index (χ0v) is 14.0. The molecular formula is C19H23N3O. The Morgan fingerprint density at radius 1 is 1.22 bits per heavy atom. The third-order valence-electron chi connectivity index (χ3n) is 4.27. The number of hydrogen-bond acceptors (Lipinski definition) is 3. The Bertz CT molecular complexity index is 697. The lowest BCUT2D eigenvalue weighted by Gasteiger charge is -2.16. The van der Waals surface area contributed by atoms with E-state index in [1.54, 1.807) is 0 Å². The summed E-state index contributed by atoms with van der Waals surface area (Å²) >= 11 is 0. The maximum atomic E-state index is 12.3. The largest absolute Gasteiger partial charge is 0.312 e. The Labute approximate surface area is 137 Å². The zero-order valence-electron chi connectivity index (χ0n) is 14.0. The molecule has 23 heavy (non-hydrogen) atoms. The molecule has 0 spiro atoms. The monoisotopic (exact) mass is 309 g/mol. The molecule has 0 bridgehead atoms. The summed E-state index contributed by atoms with van der Waals surface area (Å²) in [4.78, 5) is 23.3. The first kappa shape index (κ1) is 15.7. The smallest absolute Gasteiger partial charge is 0.227 e. The average molecular weight is 309 g/mol. The molecule has 0 radical (unpaired) electrons. The van der Waals surface area contributed by atoms with Crippen molar-refractivity contribution in [3.05, 3.63) is 53.6 Å². The summed E-state index contributed by atoms with van der Waals surface area (Å²) in [5.74, 6) is 1.73. The molecular weight excluding hydrogens is 286 g/mol. The van der Waals surface area contributed by atoms with Crippen molar-refractivity contribution < 1.29 is 4.79 Å². The molecule has 1 atom stereocenters. The number of aromatic nitrogens is 2. The minimum absolute atomic E-state index is 0.205. The van der Waals surface area contributed by atoms with Crippen molar-refractivity contribution in [3.8, 4) is 0 Å². The van der Waals surface area contributed by atoms with Gasteiger partial charge in [0.1, 0.15) is 5.82 Å². The van der Waals surface area contributed by atoms with E-state index in [0.717, 1.165) is 35.9 Å². The molecule has 120 valence electrons. The fourth-order valence-corrected chi connectivity index (χ4v) is 3.13. The van der Waals surface area contributed by atoms with Crippen molar-refractivity contribution in [2.45, 2.75) is 39.5 Å². The van der Waals surface area contributed by atoms with E-state index < -0.39 is 0 Å². The van der Waals surface area contributed by atoms with Crippen LogP contribution in [0.15, 0.2) is 36.4 Å². The van der Waals surface area contributed by atoms with Gasteiger partial charge in [0.2, 0.25) is 5.91 Å². The first-order chi connectivity index (χ1) is 11.0. The van der Waals surface area contributed by atoms with E-state index in [0.29, 0.717) is 18.3 Å². The molecule has 2 heterocycles. The summed E-state index contributed by atoms with van der Waals surface area (Å²) in [6.07, 6.45) is 1.42. The Hall–Kier alpha value is -2.23. The molecule has 0 N–H and O–H groups in total. The number of carbonyl (C=O) groups excluding carboxylic acids is 1. The van der Waals surface area contributed by atoms with Gasteiger partial charge in [0.05, 0.1) is 0 Å². The molecule has 1 aliphatic rings. The molecule has 3 rings (SSSR count). The first-order valence-electron chi connectivity index (χ1n) is 8.23. The van der Waals surface area contributed by atoms with Crippen molar-refractivity contribution in [3.63, 3.8) is 0 Å². The van der Waals surface area contributed by atoms with Crippen LogP contribution in [0.4, 0.5) is 5.69 Å². The quantitative estimate of drug-likeness (QED) is 0.868. The van der Waals surface area contributed by atoms with Gasteiger partial charge in [-0.3, -0.25) is 4.79 Å². The standard InChI is InChI=1S/C19H23N3O/c1-13(2)18-11-16(20-14(3)21-18)9-15-10-19(23)22(12-15)17-7-5-4-6-8-17/h4-8,11,13,15H,9-10,12H2,1-3H3. The van der Waals surface area contributed by atoms with Crippen LogP contribution >= 0.6 is 0 Å². The SMILES string of the molecule is Cc1nc(CC2CC(=O)N(c3ccccc3)C2)cc(C(C)C)n1. The summed E-state index contributed by atoms with van der Waals surface area (Å²) in [5, 5.41) is 0. The van der Waals surface area contributed by atoms with Crippen LogP contribution < -0.4 is 4.90 Å². The summed E-state index contributed by atoms with van der Waals surface area (Å²) in [5.41, 5.74) is 3.12. The Kier molecular flexibility index (Phi) is 4.42. The van der Waals surface area contributed by atoms with Gasteiger partial charge in [-0.2, -0.15) is 0 Å². The molecule has 0 saturated carbocycles. The second kappa shape index (κ2) is 6.49. The van der Waals surface area contributed by atoms with Gasteiger partial charge in [-0.1, -0.05) is 32.0 Å². The normalized spacial score (nSPS) is 18.0. The highest BCUT2D eigenvalue weighted by Crippen LogP contribution is 2.27. The molecule has 1 aromatic heterocycles. The van der Waals surface area contributed by atoms with Gasteiger partial charge in [-0.15, -0.1) is 0 Å². The van der Waals surface area contributed by atoms with Gasteiger partial charge < -0.3 is 4.90 Å². The first-order valence-corrected chi connectivity index (χ1v) is 8.23. The van der Waals surface area contributed by atoms with E-state index in [2.05, 4.69) is 29.9 Å².